The molecule has 0 aliphatic heterocycles. The largest absolute Gasteiger partial charge is 0.477 e. The zero-order valence-corrected chi connectivity index (χ0v) is 22.2. The van der Waals surface area contributed by atoms with Crippen molar-refractivity contribution in [3.05, 3.63) is 58.4 Å². The molecule has 2 nitrogen and oxygen atoms in total. The Labute approximate surface area is 222 Å². The van der Waals surface area contributed by atoms with Gasteiger partial charge in [0.25, 0.3) is 0 Å². The fraction of sp³-hybridized carbons (Fsp3) is 0.581. The second kappa shape index (κ2) is 14.6. The lowest BCUT2D eigenvalue weighted by molar-refractivity contribution is 0.0686. The number of carbonyl (C=O) groups is 1. The van der Waals surface area contributed by atoms with E-state index >= 15 is 4.39 Å². The Morgan fingerprint density at radius 2 is 1.26 bits per heavy atom. The first-order valence-corrected chi connectivity index (χ1v) is 14.1. The molecule has 0 aromatic heterocycles. The zero-order chi connectivity index (χ0) is 27.7. The van der Waals surface area contributed by atoms with E-state index < -0.39 is 40.6 Å². The van der Waals surface area contributed by atoms with Crippen LogP contribution in [-0.4, -0.2) is 11.1 Å². The van der Waals surface area contributed by atoms with E-state index in [-0.39, 0.29) is 23.1 Å². The molecule has 38 heavy (non-hydrogen) atoms. The molecule has 0 atom stereocenters. The number of hydrogen-bond donors (Lipinski definition) is 1. The quantitative estimate of drug-likeness (QED) is 0.148. The summed E-state index contributed by atoms with van der Waals surface area (Å²) < 4.78 is 70.9. The fourth-order valence-electron chi connectivity index (χ4n) is 5.79. The third-order valence-electron chi connectivity index (χ3n) is 8.06. The van der Waals surface area contributed by atoms with Crippen LogP contribution in [0.4, 0.5) is 22.0 Å². The van der Waals surface area contributed by atoms with Gasteiger partial charge in [-0.15, -0.1) is 0 Å². The van der Waals surface area contributed by atoms with Gasteiger partial charge >= 0.3 is 5.97 Å². The predicted molar refractivity (Wildman–Crippen MR) is 140 cm³/mol. The highest BCUT2D eigenvalue weighted by Crippen LogP contribution is 2.37. The van der Waals surface area contributed by atoms with Gasteiger partial charge in [-0.2, -0.15) is 0 Å². The van der Waals surface area contributed by atoms with Crippen molar-refractivity contribution in [3.8, 4) is 11.1 Å². The van der Waals surface area contributed by atoms with Crippen LogP contribution in [0, 0.1) is 40.9 Å². The number of rotatable bonds is 14. The standard InChI is InChI=1S/C31H39F5O2/c1-2-3-4-5-6-7-8-9-10-20-11-13-21(14-12-20)15-16-23-24(19-25(32)28(29(23)35)31(37)38)22-17-26(33)30(36)27(34)18-22/h17-21H,2-16H2,1H3,(H,37,38). The van der Waals surface area contributed by atoms with Gasteiger partial charge < -0.3 is 5.11 Å². The van der Waals surface area contributed by atoms with Crippen LogP contribution < -0.4 is 0 Å². The van der Waals surface area contributed by atoms with E-state index in [1.165, 1.54) is 57.8 Å². The Bertz CT molecular complexity index is 1050. The Morgan fingerprint density at radius 3 is 1.82 bits per heavy atom. The number of aromatic carboxylic acids is 1. The SMILES string of the molecule is CCCCCCCCCCC1CCC(CCc2c(-c3cc(F)c(F)c(F)c3)cc(F)c(C(=O)O)c2F)CC1. The molecule has 2 aromatic carbocycles. The molecule has 0 bridgehead atoms. The minimum absolute atomic E-state index is 0.0930. The van der Waals surface area contributed by atoms with Gasteiger partial charge in [0.05, 0.1) is 0 Å². The van der Waals surface area contributed by atoms with Crippen LogP contribution in [0.5, 0.6) is 0 Å². The monoisotopic (exact) mass is 538 g/mol. The van der Waals surface area contributed by atoms with Gasteiger partial charge in [-0.3, -0.25) is 0 Å². The van der Waals surface area contributed by atoms with E-state index in [9.17, 15) is 27.5 Å². The molecule has 1 saturated carbocycles. The summed E-state index contributed by atoms with van der Waals surface area (Å²) in [4.78, 5) is 11.5. The van der Waals surface area contributed by atoms with E-state index in [1.54, 1.807) is 0 Å². The summed E-state index contributed by atoms with van der Waals surface area (Å²) in [6.07, 6.45) is 16.4. The maximum Gasteiger partial charge on any atom is 0.341 e. The lowest BCUT2D eigenvalue weighted by Gasteiger charge is -2.29. The normalized spacial score (nSPS) is 17.6. The van der Waals surface area contributed by atoms with E-state index in [0.717, 1.165) is 31.7 Å². The van der Waals surface area contributed by atoms with Gasteiger partial charge in [0.2, 0.25) is 0 Å². The number of carboxylic acid groups (broad SMARTS) is 1. The summed E-state index contributed by atoms with van der Waals surface area (Å²) in [6.45, 7) is 2.22. The summed E-state index contributed by atoms with van der Waals surface area (Å²) in [5.74, 6) is -8.01. The lowest BCUT2D eigenvalue weighted by Crippen LogP contribution is -2.16. The molecule has 7 heteroatoms. The van der Waals surface area contributed by atoms with Gasteiger partial charge in [-0.05, 0) is 59.6 Å². The molecule has 0 unspecified atom stereocenters. The molecule has 0 radical (unpaired) electrons. The van der Waals surface area contributed by atoms with Gasteiger partial charge in [-0.1, -0.05) is 90.4 Å². The first-order chi connectivity index (χ1) is 18.2. The number of halogens is 5. The second-order valence-corrected chi connectivity index (χ2v) is 10.8. The minimum atomic E-state index is -1.76. The molecule has 3 rings (SSSR count). The topological polar surface area (TPSA) is 37.3 Å². The number of hydrogen-bond acceptors (Lipinski definition) is 1. The maximum atomic E-state index is 15.2. The van der Waals surface area contributed by atoms with Crippen molar-refractivity contribution < 1.29 is 31.9 Å². The van der Waals surface area contributed by atoms with Crippen LogP contribution in [0.15, 0.2) is 18.2 Å². The summed E-state index contributed by atoms with van der Waals surface area (Å²) in [6, 6.07) is 2.12. The summed E-state index contributed by atoms with van der Waals surface area (Å²) in [5.41, 5.74) is -1.61. The van der Waals surface area contributed by atoms with Crippen LogP contribution in [0.2, 0.25) is 0 Å². The van der Waals surface area contributed by atoms with Gasteiger partial charge in [0.15, 0.2) is 17.5 Å². The van der Waals surface area contributed by atoms with E-state index in [0.29, 0.717) is 30.4 Å². The van der Waals surface area contributed by atoms with E-state index in [2.05, 4.69) is 6.92 Å². The molecule has 0 amide bonds. The van der Waals surface area contributed by atoms with Crippen LogP contribution >= 0.6 is 0 Å². The first-order valence-electron chi connectivity index (χ1n) is 14.1. The molecule has 1 fully saturated rings. The van der Waals surface area contributed by atoms with Crippen LogP contribution in [0.1, 0.15) is 113 Å². The molecule has 210 valence electrons. The third kappa shape index (κ3) is 8.03. The van der Waals surface area contributed by atoms with Gasteiger partial charge in [-0.25, -0.2) is 26.7 Å². The van der Waals surface area contributed by atoms with Crippen molar-refractivity contribution >= 4 is 5.97 Å². The summed E-state index contributed by atoms with van der Waals surface area (Å²) >= 11 is 0. The predicted octanol–water partition coefficient (Wildman–Crippen LogP) is 10.0. The van der Waals surface area contributed by atoms with Crippen LogP contribution in [-0.2, 0) is 6.42 Å². The van der Waals surface area contributed by atoms with Gasteiger partial charge in [0.1, 0.15) is 17.2 Å². The smallest absolute Gasteiger partial charge is 0.341 e. The summed E-state index contributed by atoms with van der Waals surface area (Å²) in [7, 11) is 0. The van der Waals surface area contributed by atoms with Crippen molar-refractivity contribution in [2.24, 2.45) is 11.8 Å². The molecule has 0 spiro atoms. The average Bonchev–Trinajstić information content (AvgIpc) is 2.88. The lowest BCUT2D eigenvalue weighted by atomic mass is 9.77. The molecule has 0 heterocycles. The molecule has 0 saturated heterocycles. The Morgan fingerprint density at radius 1 is 0.737 bits per heavy atom. The van der Waals surface area contributed by atoms with E-state index in [4.69, 9.17) is 0 Å². The molecule has 1 aliphatic rings. The second-order valence-electron chi connectivity index (χ2n) is 10.8. The number of carboxylic acids is 1. The van der Waals surface area contributed by atoms with Crippen molar-refractivity contribution in [3.63, 3.8) is 0 Å². The summed E-state index contributed by atoms with van der Waals surface area (Å²) in [5, 5.41) is 9.31. The average molecular weight is 539 g/mol. The van der Waals surface area contributed by atoms with Crippen LogP contribution in [0.3, 0.4) is 0 Å². The molecular weight excluding hydrogens is 499 g/mol. The zero-order valence-electron chi connectivity index (χ0n) is 22.2. The van der Waals surface area contributed by atoms with Crippen molar-refractivity contribution in [1.29, 1.82) is 0 Å². The molecular formula is C31H39F5O2. The maximum absolute atomic E-state index is 15.2. The van der Waals surface area contributed by atoms with Crippen molar-refractivity contribution in [1.82, 2.24) is 0 Å². The molecule has 1 N–H and O–H groups in total. The van der Waals surface area contributed by atoms with Crippen molar-refractivity contribution in [2.45, 2.75) is 103 Å². The van der Waals surface area contributed by atoms with Gasteiger partial charge in [0, 0.05) is 0 Å². The molecule has 1 aliphatic carbocycles. The fourth-order valence-corrected chi connectivity index (χ4v) is 5.79. The highest BCUT2D eigenvalue weighted by atomic mass is 19.2. The highest BCUT2D eigenvalue weighted by molar-refractivity contribution is 5.90. The van der Waals surface area contributed by atoms with Crippen molar-refractivity contribution in [2.75, 3.05) is 0 Å². The first kappa shape index (κ1) is 30.1. The van der Waals surface area contributed by atoms with Crippen LogP contribution in [0.25, 0.3) is 11.1 Å². The highest BCUT2D eigenvalue weighted by Gasteiger charge is 2.27. The Kier molecular flexibility index (Phi) is 11.6. The minimum Gasteiger partial charge on any atom is -0.477 e. The Balaban J connectivity index is 1.60. The third-order valence-corrected chi connectivity index (χ3v) is 8.06. The number of unbranched alkanes of at least 4 members (excludes halogenated alkanes) is 7. The number of benzene rings is 2. The Hall–Kier alpha value is -2.44. The molecule has 2 aromatic rings. The van der Waals surface area contributed by atoms with E-state index in [1.807, 2.05) is 0 Å².